The van der Waals surface area contributed by atoms with Crippen LogP contribution in [0.15, 0.2) is 29.6 Å². The molecule has 2 heterocycles. The molecule has 3 atom stereocenters. The van der Waals surface area contributed by atoms with Crippen molar-refractivity contribution in [2.45, 2.75) is 57.3 Å². The quantitative estimate of drug-likeness (QED) is 0.383. The Kier molecular flexibility index (Phi) is 10.1. The molecule has 182 valence electrons. The lowest BCUT2D eigenvalue weighted by Gasteiger charge is -2.26. The number of likely N-dealkylation sites (tertiary alicyclic amines) is 1. The summed E-state index contributed by atoms with van der Waals surface area (Å²) in [6, 6.07) is 7.27. The van der Waals surface area contributed by atoms with E-state index in [0.29, 0.717) is 25.7 Å². The van der Waals surface area contributed by atoms with Gasteiger partial charge < -0.3 is 20.3 Å². The van der Waals surface area contributed by atoms with Crippen molar-refractivity contribution in [3.8, 4) is 0 Å². The average molecular weight is 499 g/mol. The van der Waals surface area contributed by atoms with Crippen LogP contribution in [-0.2, 0) is 22.4 Å². The van der Waals surface area contributed by atoms with Crippen LogP contribution in [0.4, 0.5) is 4.39 Å². The Hall–Kier alpha value is -1.55. The molecule has 3 rings (SSSR count). The Bertz CT molecular complexity index is 912. The van der Waals surface area contributed by atoms with Gasteiger partial charge in [-0.25, -0.2) is 4.39 Å². The number of carbonyl (C=O) groups is 1. The summed E-state index contributed by atoms with van der Waals surface area (Å²) in [6.07, 6.45) is 2.63. The van der Waals surface area contributed by atoms with Gasteiger partial charge in [-0.05, 0) is 73.9 Å². The first-order chi connectivity index (χ1) is 15.8. The van der Waals surface area contributed by atoms with Gasteiger partial charge >= 0.3 is 5.97 Å². The molecule has 0 amide bonds. The zero-order valence-corrected chi connectivity index (χ0v) is 20.4. The molecule has 1 fully saturated rings. The smallest absolute Gasteiger partial charge is 0.303 e. The minimum absolute atomic E-state index is 0.0945. The fourth-order valence-electron chi connectivity index (χ4n) is 4.19. The van der Waals surface area contributed by atoms with E-state index in [0.717, 1.165) is 41.8 Å². The SMILES string of the molecule is CC(OC[C@H](O)CNCN1CCC[C@H]1Cc1ccc(Cl)c(F)c1)c1ccsc1CCC(=O)O. The van der Waals surface area contributed by atoms with E-state index in [9.17, 15) is 14.3 Å². The van der Waals surface area contributed by atoms with Gasteiger partial charge in [0.1, 0.15) is 5.82 Å². The number of carboxylic acids is 1. The van der Waals surface area contributed by atoms with Crippen LogP contribution in [0.1, 0.15) is 48.3 Å². The lowest BCUT2D eigenvalue weighted by atomic mass is 10.0. The van der Waals surface area contributed by atoms with Crippen LogP contribution in [0, 0.1) is 5.82 Å². The minimum Gasteiger partial charge on any atom is -0.481 e. The average Bonchev–Trinajstić information content (AvgIpc) is 3.42. The van der Waals surface area contributed by atoms with Crippen LogP contribution in [-0.4, -0.2) is 59.6 Å². The number of aryl methyl sites for hydroxylation is 1. The molecular weight excluding hydrogens is 467 g/mol. The van der Waals surface area contributed by atoms with Crippen molar-refractivity contribution in [3.63, 3.8) is 0 Å². The van der Waals surface area contributed by atoms with E-state index in [1.807, 2.05) is 24.4 Å². The highest BCUT2D eigenvalue weighted by Gasteiger charge is 2.24. The fourth-order valence-corrected chi connectivity index (χ4v) is 5.27. The first-order valence-electron chi connectivity index (χ1n) is 11.3. The predicted molar refractivity (Wildman–Crippen MR) is 128 cm³/mol. The van der Waals surface area contributed by atoms with Crippen LogP contribution < -0.4 is 5.32 Å². The summed E-state index contributed by atoms with van der Waals surface area (Å²) in [4.78, 5) is 14.2. The van der Waals surface area contributed by atoms with Gasteiger partial charge in [-0.1, -0.05) is 17.7 Å². The third-order valence-electron chi connectivity index (χ3n) is 5.97. The molecule has 0 saturated carbocycles. The largest absolute Gasteiger partial charge is 0.481 e. The van der Waals surface area contributed by atoms with Crippen molar-refractivity contribution < 1.29 is 24.1 Å². The van der Waals surface area contributed by atoms with Crippen LogP contribution in [0.5, 0.6) is 0 Å². The molecule has 9 heteroatoms. The molecule has 1 saturated heterocycles. The number of aliphatic carboxylic acids is 1. The van der Waals surface area contributed by atoms with Crippen molar-refractivity contribution in [1.82, 2.24) is 10.2 Å². The number of hydrogen-bond acceptors (Lipinski definition) is 6. The van der Waals surface area contributed by atoms with Gasteiger partial charge in [-0.2, -0.15) is 0 Å². The molecule has 0 bridgehead atoms. The Balaban J connectivity index is 1.38. The maximum atomic E-state index is 13.7. The standard InChI is InChI=1S/C24H32ClFN2O4S/c1-16(20-8-10-33-23(20)6-7-24(30)31)32-14-19(29)13-27-15-28-9-2-3-18(28)11-17-4-5-21(25)22(26)12-17/h4-5,8,10,12,16,18-19,27,29H,2-3,6-7,9,11,13-15H2,1H3,(H,30,31)/t16?,18-,19+/m0/s1. The molecular formula is C24H32ClFN2O4S. The molecule has 1 unspecified atom stereocenters. The number of aliphatic hydroxyl groups excluding tert-OH is 1. The van der Waals surface area contributed by atoms with E-state index in [1.54, 1.807) is 6.07 Å². The number of benzene rings is 1. The molecule has 33 heavy (non-hydrogen) atoms. The topological polar surface area (TPSA) is 82.0 Å². The number of rotatable bonds is 13. The number of thiophene rings is 1. The van der Waals surface area contributed by atoms with E-state index in [4.69, 9.17) is 21.4 Å². The molecule has 0 spiro atoms. The molecule has 1 aliphatic heterocycles. The Morgan fingerprint density at radius 2 is 2.24 bits per heavy atom. The van der Waals surface area contributed by atoms with Crippen LogP contribution >= 0.6 is 22.9 Å². The molecule has 1 aromatic carbocycles. The highest BCUT2D eigenvalue weighted by molar-refractivity contribution is 7.10. The third-order valence-corrected chi connectivity index (χ3v) is 7.27. The fraction of sp³-hybridized carbons (Fsp3) is 0.542. The number of hydrogen-bond donors (Lipinski definition) is 3. The van der Waals surface area contributed by atoms with Crippen molar-refractivity contribution in [2.24, 2.45) is 0 Å². The van der Waals surface area contributed by atoms with Gasteiger partial charge in [0.25, 0.3) is 0 Å². The molecule has 6 nitrogen and oxygen atoms in total. The van der Waals surface area contributed by atoms with E-state index in [2.05, 4.69) is 10.2 Å². The van der Waals surface area contributed by atoms with E-state index in [-0.39, 0.29) is 30.0 Å². The molecule has 2 aromatic rings. The summed E-state index contributed by atoms with van der Waals surface area (Å²) in [5, 5.41) is 24.6. The molecule has 0 radical (unpaired) electrons. The molecule has 3 N–H and O–H groups in total. The minimum atomic E-state index is -0.815. The van der Waals surface area contributed by atoms with Gasteiger partial charge in [-0.3, -0.25) is 9.69 Å². The number of halogens is 2. The summed E-state index contributed by atoms with van der Waals surface area (Å²) in [6.45, 7) is 4.13. The van der Waals surface area contributed by atoms with E-state index >= 15 is 0 Å². The van der Waals surface area contributed by atoms with Crippen molar-refractivity contribution in [1.29, 1.82) is 0 Å². The summed E-state index contributed by atoms with van der Waals surface area (Å²) >= 11 is 7.31. The second kappa shape index (κ2) is 12.8. The Morgan fingerprint density at radius 1 is 1.42 bits per heavy atom. The van der Waals surface area contributed by atoms with Crippen molar-refractivity contribution in [3.05, 3.63) is 56.5 Å². The summed E-state index contributed by atoms with van der Waals surface area (Å²) in [5.41, 5.74) is 1.92. The van der Waals surface area contributed by atoms with Gasteiger partial charge in [0.15, 0.2) is 0 Å². The van der Waals surface area contributed by atoms with Crippen LogP contribution in [0.25, 0.3) is 0 Å². The molecule has 1 aromatic heterocycles. The van der Waals surface area contributed by atoms with E-state index in [1.165, 1.54) is 17.4 Å². The lowest BCUT2D eigenvalue weighted by molar-refractivity contribution is -0.136. The van der Waals surface area contributed by atoms with Gasteiger partial charge in [0, 0.05) is 24.1 Å². The third kappa shape index (κ3) is 8.02. The summed E-state index contributed by atoms with van der Waals surface area (Å²) in [7, 11) is 0. The van der Waals surface area contributed by atoms with Gasteiger partial charge in [0.05, 0.1) is 30.3 Å². The number of carboxylic acid groups (broad SMARTS) is 1. The van der Waals surface area contributed by atoms with Crippen LogP contribution in [0.2, 0.25) is 5.02 Å². The molecule has 1 aliphatic rings. The number of aliphatic hydroxyl groups is 1. The number of ether oxygens (including phenoxy) is 1. The number of nitrogens with zero attached hydrogens (tertiary/aromatic N) is 1. The monoisotopic (exact) mass is 498 g/mol. The zero-order valence-electron chi connectivity index (χ0n) is 18.8. The maximum absolute atomic E-state index is 13.7. The Labute approximate surface area is 203 Å². The maximum Gasteiger partial charge on any atom is 0.303 e. The van der Waals surface area contributed by atoms with Crippen LogP contribution in [0.3, 0.4) is 0 Å². The van der Waals surface area contributed by atoms with Gasteiger partial charge in [0.2, 0.25) is 0 Å². The molecule has 0 aliphatic carbocycles. The van der Waals surface area contributed by atoms with E-state index < -0.39 is 12.1 Å². The number of nitrogens with one attached hydrogen (secondary N) is 1. The highest BCUT2D eigenvalue weighted by atomic mass is 35.5. The van der Waals surface area contributed by atoms with Crippen molar-refractivity contribution >= 4 is 28.9 Å². The predicted octanol–water partition coefficient (Wildman–Crippen LogP) is 4.25. The lowest BCUT2D eigenvalue weighted by Crippen LogP contribution is -2.42. The summed E-state index contributed by atoms with van der Waals surface area (Å²) in [5.74, 6) is -1.20. The Morgan fingerprint density at radius 3 is 3.00 bits per heavy atom. The summed E-state index contributed by atoms with van der Waals surface area (Å²) < 4.78 is 19.6. The highest BCUT2D eigenvalue weighted by Crippen LogP contribution is 2.27. The van der Waals surface area contributed by atoms with Gasteiger partial charge in [-0.15, -0.1) is 11.3 Å². The normalized spacial score (nSPS) is 18.5. The first kappa shape index (κ1) is 26.1. The second-order valence-electron chi connectivity index (χ2n) is 8.50. The zero-order chi connectivity index (χ0) is 23.8. The second-order valence-corrected chi connectivity index (χ2v) is 9.90. The van der Waals surface area contributed by atoms with Crippen molar-refractivity contribution in [2.75, 3.05) is 26.4 Å². The first-order valence-corrected chi connectivity index (χ1v) is 12.6.